The molecule has 0 fully saturated rings. The van der Waals surface area contributed by atoms with Gasteiger partial charge in [0.1, 0.15) is 0 Å². The molecular weight excluding hydrogens is 346 g/mol. The second-order valence-corrected chi connectivity index (χ2v) is 8.43. The first-order valence-corrected chi connectivity index (χ1v) is 9.31. The molecule has 0 aliphatic carbocycles. The Balaban J connectivity index is 2.33. The smallest absolute Gasteiger partial charge is 0.264 e. The van der Waals surface area contributed by atoms with Gasteiger partial charge < -0.3 is 0 Å². The summed E-state index contributed by atoms with van der Waals surface area (Å²) in [5.41, 5.74) is 1.15. The molecule has 0 atom stereocenters. The molecule has 6 heteroatoms. The Morgan fingerprint density at radius 2 is 1.75 bits per heavy atom. The Morgan fingerprint density at radius 3 is 2.33 bits per heavy atom. The first-order valence-electron chi connectivity index (χ1n) is 7.44. The van der Waals surface area contributed by atoms with Crippen molar-refractivity contribution in [3.8, 4) is 0 Å². The average Bonchev–Trinajstić information content (AvgIpc) is 2.46. The molecule has 2 rings (SSSR count). The molecule has 2 aromatic carbocycles. The van der Waals surface area contributed by atoms with E-state index in [0.29, 0.717) is 16.1 Å². The summed E-state index contributed by atoms with van der Waals surface area (Å²) in [6, 6.07) is 11.8. The molecular formula is C18H20ClNO3S. The van der Waals surface area contributed by atoms with Crippen molar-refractivity contribution in [1.29, 1.82) is 0 Å². The van der Waals surface area contributed by atoms with Crippen molar-refractivity contribution in [1.82, 2.24) is 4.72 Å². The Bertz CT molecular complexity index is 889. The van der Waals surface area contributed by atoms with Crippen LogP contribution in [0.5, 0.6) is 0 Å². The van der Waals surface area contributed by atoms with Crippen molar-refractivity contribution < 1.29 is 13.2 Å². The summed E-state index contributed by atoms with van der Waals surface area (Å²) in [4.78, 5) is 12.7. The monoisotopic (exact) mass is 365 g/mol. The van der Waals surface area contributed by atoms with Crippen LogP contribution in [0.1, 0.15) is 30.5 Å². The third-order valence-electron chi connectivity index (χ3n) is 3.96. The van der Waals surface area contributed by atoms with Crippen LogP contribution in [0.2, 0.25) is 5.02 Å². The van der Waals surface area contributed by atoms with E-state index in [1.165, 1.54) is 6.07 Å². The Kier molecular flexibility index (Phi) is 5.06. The molecule has 4 nitrogen and oxygen atoms in total. The van der Waals surface area contributed by atoms with Crippen LogP contribution in [0.25, 0.3) is 0 Å². The van der Waals surface area contributed by atoms with Crippen molar-refractivity contribution in [3.63, 3.8) is 0 Å². The number of hydrogen-bond donors (Lipinski definition) is 1. The Hall–Kier alpha value is -1.85. The number of hydrogen-bond acceptors (Lipinski definition) is 3. The number of rotatable bonds is 4. The zero-order valence-corrected chi connectivity index (χ0v) is 15.6. The van der Waals surface area contributed by atoms with Crippen LogP contribution in [0.3, 0.4) is 0 Å². The first kappa shape index (κ1) is 18.5. The summed E-state index contributed by atoms with van der Waals surface area (Å²) < 4.78 is 27.3. The third kappa shape index (κ3) is 3.79. The highest BCUT2D eigenvalue weighted by Crippen LogP contribution is 2.27. The van der Waals surface area contributed by atoms with Crippen LogP contribution in [0.4, 0.5) is 0 Å². The van der Waals surface area contributed by atoms with Crippen LogP contribution >= 0.6 is 11.6 Å². The number of aryl methyl sites for hydroxylation is 2. The van der Waals surface area contributed by atoms with Gasteiger partial charge in [-0.2, -0.15) is 0 Å². The second kappa shape index (κ2) is 6.57. The molecule has 0 aromatic heterocycles. The molecule has 0 aliphatic rings. The van der Waals surface area contributed by atoms with Gasteiger partial charge in [-0.05, 0) is 57.0 Å². The fourth-order valence-corrected chi connectivity index (χ4v) is 3.94. The van der Waals surface area contributed by atoms with Gasteiger partial charge in [0.25, 0.3) is 10.0 Å². The van der Waals surface area contributed by atoms with Gasteiger partial charge in [0, 0.05) is 5.02 Å². The van der Waals surface area contributed by atoms with Crippen molar-refractivity contribution in [2.45, 2.75) is 38.0 Å². The summed E-state index contributed by atoms with van der Waals surface area (Å²) in [5.74, 6) is -0.607. The Morgan fingerprint density at radius 1 is 1.08 bits per heavy atom. The van der Waals surface area contributed by atoms with Gasteiger partial charge in [-0.15, -0.1) is 0 Å². The normalized spacial score (nSPS) is 12.0. The van der Waals surface area contributed by atoms with Crippen molar-refractivity contribution in [3.05, 3.63) is 64.2 Å². The molecule has 0 saturated heterocycles. The lowest BCUT2D eigenvalue weighted by Gasteiger charge is -2.24. The summed E-state index contributed by atoms with van der Waals surface area (Å²) in [6.45, 7) is 6.90. The van der Waals surface area contributed by atoms with Gasteiger partial charge in [-0.3, -0.25) is 4.79 Å². The van der Waals surface area contributed by atoms with Crippen LogP contribution in [-0.2, 0) is 20.2 Å². The minimum Gasteiger partial charge on any atom is -0.273 e. The average molecular weight is 366 g/mol. The lowest BCUT2D eigenvalue weighted by Crippen LogP contribution is -2.43. The van der Waals surface area contributed by atoms with Gasteiger partial charge in [0.05, 0.1) is 10.3 Å². The standard InChI is InChI=1S/C18H20ClNO3S/c1-12-8-9-16(13(2)10-12)24(22,23)20-17(21)18(3,4)14-6-5-7-15(19)11-14/h5-11H,1-4H3,(H,20,21). The van der Waals surface area contributed by atoms with Crippen LogP contribution < -0.4 is 4.72 Å². The molecule has 0 spiro atoms. The van der Waals surface area contributed by atoms with E-state index < -0.39 is 21.3 Å². The zero-order chi connectivity index (χ0) is 18.1. The summed E-state index contributed by atoms with van der Waals surface area (Å²) in [6.07, 6.45) is 0. The van der Waals surface area contributed by atoms with E-state index in [4.69, 9.17) is 11.6 Å². The van der Waals surface area contributed by atoms with E-state index in [1.54, 1.807) is 57.2 Å². The largest absolute Gasteiger partial charge is 0.273 e. The molecule has 24 heavy (non-hydrogen) atoms. The third-order valence-corrected chi connectivity index (χ3v) is 5.69. The van der Waals surface area contributed by atoms with Crippen molar-refractivity contribution in [2.24, 2.45) is 0 Å². The fraction of sp³-hybridized carbons (Fsp3) is 0.278. The molecule has 2 aromatic rings. The molecule has 1 N–H and O–H groups in total. The highest BCUT2D eigenvalue weighted by Gasteiger charge is 2.33. The number of carbonyl (C=O) groups is 1. The minimum atomic E-state index is -3.94. The van der Waals surface area contributed by atoms with Gasteiger partial charge >= 0.3 is 0 Å². The lowest BCUT2D eigenvalue weighted by molar-refractivity contribution is -0.123. The highest BCUT2D eigenvalue weighted by atomic mass is 35.5. The lowest BCUT2D eigenvalue weighted by atomic mass is 9.84. The molecule has 0 saturated carbocycles. The molecule has 0 aliphatic heterocycles. The van der Waals surface area contributed by atoms with Gasteiger partial charge in [0.15, 0.2) is 0 Å². The van der Waals surface area contributed by atoms with Gasteiger partial charge in [-0.25, -0.2) is 13.1 Å². The fourth-order valence-electron chi connectivity index (χ4n) is 2.41. The Labute approximate surface area is 147 Å². The number of amides is 1. The topological polar surface area (TPSA) is 63.2 Å². The van der Waals surface area contributed by atoms with E-state index in [2.05, 4.69) is 4.72 Å². The van der Waals surface area contributed by atoms with Crippen molar-refractivity contribution >= 4 is 27.5 Å². The van der Waals surface area contributed by atoms with E-state index in [9.17, 15) is 13.2 Å². The molecule has 0 unspecified atom stereocenters. The van der Waals surface area contributed by atoms with Crippen LogP contribution in [-0.4, -0.2) is 14.3 Å². The van der Waals surface area contributed by atoms with Crippen LogP contribution in [0, 0.1) is 13.8 Å². The summed E-state index contributed by atoms with van der Waals surface area (Å²) in [5, 5.41) is 0.491. The number of sulfonamides is 1. The van der Waals surface area contributed by atoms with Crippen molar-refractivity contribution in [2.75, 3.05) is 0 Å². The molecule has 0 bridgehead atoms. The number of carbonyl (C=O) groups excluding carboxylic acids is 1. The number of halogens is 1. The van der Waals surface area contributed by atoms with Gasteiger partial charge in [0.2, 0.25) is 5.91 Å². The maximum absolute atomic E-state index is 12.6. The maximum atomic E-state index is 12.6. The van der Waals surface area contributed by atoms with Crippen LogP contribution in [0.15, 0.2) is 47.4 Å². The number of nitrogens with one attached hydrogen (secondary N) is 1. The molecule has 1 amide bonds. The maximum Gasteiger partial charge on any atom is 0.264 e. The summed E-state index contributed by atoms with van der Waals surface area (Å²) >= 11 is 5.97. The van der Waals surface area contributed by atoms with E-state index in [-0.39, 0.29) is 4.90 Å². The zero-order valence-electron chi connectivity index (χ0n) is 14.1. The first-order chi connectivity index (χ1) is 11.0. The SMILES string of the molecule is Cc1ccc(S(=O)(=O)NC(=O)C(C)(C)c2cccc(Cl)c2)c(C)c1. The van der Waals surface area contributed by atoms with E-state index in [0.717, 1.165) is 5.56 Å². The molecule has 0 heterocycles. The summed E-state index contributed by atoms with van der Waals surface area (Å²) in [7, 11) is -3.94. The second-order valence-electron chi connectivity index (χ2n) is 6.34. The molecule has 128 valence electrons. The quantitative estimate of drug-likeness (QED) is 0.897. The number of benzene rings is 2. The van der Waals surface area contributed by atoms with E-state index in [1.807, 2.05) is 6.92 Å². The molecule has 0 radical (unpaired) electrons. The minimum absolute atomic E-state index is 0.100. The predicted octanol–water partition coefficient (Wildman–Crippen LogP) is 3.74. The predicted molar refractivity (Wildman–Crippen MR) is 95.7 cm³/mol. The van der Waals surface area contributed by atoms with E-state index >= 15 is 0 Å². The highest BCUT2D eigenvalue weighted by molar-refractivity contribution is 7.90. The van der Waals surface area contributed by atoms with Gasteiger partial charge in [-0.1, -0.05) is 41.4 Å².